The van der Waals surface area contributed by atoms with E-state index in [4.69, 9.17) is 5.73 Å². The first-order chi connectivity index (χ1) is 8.40. The van der Waals surface area contributed by atoms with Crippen LogP contribution in [-0.4, -0.2) is 6.54 Å². The molecule has 1 nitrogen and oxygen atoms in total. The van der Waals surface area contributed by atoms with E-state index in [-0.39, 0.29) is 5.41 Å². The second-order valence-electron chi connectivity index (χ2n) is 6.28. The molecule has 0 saturated heterocycles. The van der Waals surface area contributed by atoms with Crippen molar-refractivity contribution in [2.24, 2.45) is 5.73 Å². The summed E-state index contributed by atoms with van der Waals surface area (Å²) in [6.45, 7) is 12.2. The van der Waals surface area contributed by atoms with E-state index in [2.05, 4.69) is 46.8 Å². The highest BCUT2D eigenvalue weighted by Crippen LogP contribution is 2.29. The number of hydrogen-bond donors (Lipinski definition) is 1. The third-order valence-electron chi connectivity index (χ3n) is 3.68. The quantitative estimate of drug-likeness (QED) is 0.778. The fourth-order valence-corrected chi connectivity index (χ4v) is 2.60. The minimum Gasteiger partial charge on any atom is -0.330 e. The molecule has 0 atom stereocenters. The van der Waals surface area contributed by atoms with Gasteiger partial charge in [0.2, 0.25) is 0 Å². The van der Waals surface area contributed by atoms with Crippen LogP contribution in [0.4, 0.5) is 0 Å². The van der Waals surface area contributed by atoms with Gasteiger partial charge in [-0.3, -0.25) is 0 Å². The lowest BCUT2D eigenvalue weighted by molar-refractivity contribution is 0.583. The highest BCUT2D eigenvalue weighted by Gasteiger charge is 2.18. The van der Waals surface area contributed by atoms with E-state index in [0.29, 0.717) is 0 Å². The summed E-state index contributed by atoms with van der Waals surface area (Å²) in [7, 11) is 0. The zero-order valence-corrected chi connectivity index (χ0v) is 12.8. The van der Waals surface area contributed by atoms with Crippen LogP contribution >= 0.6 is 0 Å². The lowest BCUT2D eigenvalue weighted by Gasteiger charge is -2.24. The van der Waals surface area contributed by atoms with Gasteiger partial charge in [-0.05, 0) is 66.8 Å². The average Bonchev–Trinajstić information content (AvgIpc) is 2.29. The SMILES string of the molecule is CCc1cc(CCCCN)cc(C(C)(C)C)c1C. The number of aryl methyl sites for hydroxylation is 2. The topological polar surface area (TPSA) is 26.0 Å². The number of hydrogen-bond acceptors (Lipinski definition) is 1. The lowest BCUT2D eigenvalue weighted by Crippen LogP contribution is -2.15. The Morgan fingerprint density at radius 2 is 1.78 bits per heavy atom. The zero-order valence-electron chi connectivity index (χ0n) is 12.8. The fraction of sp³-hybridized carbons (Fsp3) is 0.647. The molecular weight excluding hydrogens is 218 g/mol. The van der Waals surface area contributed by atoms with Gasteiger partial charge in [-0.1, -0.05) is 39.8 Å². The predicted octanol–water partition coefficient (Wildman–Crippen LogP) is 4.14. The lowest BCUT2D eigenvalue weighted by atomic mass is 9.80. The highest BCUT2D eigenvalue weighted by atomic mass is 14.5. The van der Waals surface area contributed by atoms with Crippen LogP contribution in [0.15, 0.2) is 12.1 Å². The summed E-state index contributed by atoms with van der Waals surface area (Å²) in [4.78, 5) is 0. The molecule has 0 aliphatic heterocycles. The van der Waals surface area contributed by atoms with Gasteiger partial charge >= 0.3 is 0 Å². The number of unbranched alkanes of at least 4 members (excludes halogenated alkanes) is 1. The summed E-state index contributed by atoms with van der Waals surface area (Å²) in [5, 5.41) is 0. The second kappa shape index (κ2) is 6.38. The molecule has 1 aromatic carbocycles. The molecule has 0 heterocycles. The number of nitrogens with two attached hydrogens (primary N) is 1. The normalized spacial score (nSPS) is 11.9. The first-order valence-corrected chi connectivity index (χ1v) is 7.23. The molecule has 0 spiro atoms. The van der Waals surface area contributed by atoms with Gasteiger partial charge in [-0.15, -0.1) is 0 Å². The summed E-state index contributed by atoms with van der Waals surface area (Å²) in [5.74, 6) is 0. The van der Waals surface area contributed by atoms with Crippen LogP contribution in [-0.2, 0) is 18.3 Å². The van der Waals surface area contributed by atoms with Gasteiger partial charge in [-0.2, -0.15) is 0 Å². The molecule has 1 heteroatoms. The number of rotatable bonds is 5. The van der Waals surface area contributed by atoms with Crippen molar-refractivity contribution < 1.29 is 0 Å². The molecule has 0 saturated carbocycles. The second-order valence-corrected chi connectivity index (χ2v) is 6.28. The van der Waals surface area contributed by atoms with Crippen molar-refractivity contribution in [3.8, 4) is 0 Å². The molecule has 0 unspecified atom stereocenters. The maximum Gasteiger partial charge on any atom is -0.00772 e. The van der Waals surface area contributed by atoms with E-state index >= 15 is 0 Å². The molecule has 18 heavy (non-hydrogen) atoms. The summed E-state index contributed by atoms with van der Waals surface area (Å²) < 4.78 is 0. The molecule has 0 aliphatic carbocycles. The minimum absolute atomic E-state index is 0.234. The van der Waals surface area contributed by atoms with Gasteiger partial charge in [0.1, 0.15) is 0 Å². The largest absolute Gasteiger partial charge is 0.330 e. The van der Waals surface area contributed by atoms with Crippen LogP contribution in [0.3, 0.4) is 0 Å². The maximum absolute atomic E-state index is 5.57. The van der Waals surface area contributed by atoms with Crippen LogP contribution in [0.2, 0.25) is 0 Å². The molecule has 0 bridgehead atoms. The first kappa shape index (κ1) is 15.2. The molecule has 2 N–H and O–H groups in total. The van der Waals surface area contributed by atoms with Crippen LogP contribution in [0, 0.1) is 6.92 Å². The summed E-state index contributed by atoms with van der Waals surface area (Å²) in [6, 6.07) is 4.80. The summed E-state index contributed by atoms with van der Waals surface area (Å²) in [6.07, 6.45) is 4.61. The Morgan fingerprint density at radius 3 is 2.28 bits per heavy atom. The fourth-order valence-electron chi connectivity index (χ4n) is 2.60. The maximum atomic E-state index is 5.57. The molecular formula is C17H29N. The summed E-state index contributed by atoms with van der Waals surface area (Å²) >= 11 is 0. The van der Waals surface area contributed by atoms with Gasteiger partial charge in [-0.25, -0.2) is 0 Å². The van der Waals surface area contributed by atoms with Gasteiger partial charge in [0.15, 0.2) is 0 Å². The third-order valence-corrected chi connectivity index (χ3v) is 3.68. The Bertz CT molecular complexity index is 385. The van der Waals surface area contributed by atoms with Crippen molar-refractivity contribution in [2.45, 2.75) is 65.7 Å². The van der Waals surface area contributed by atoms with Crippen molar-refractivity contribution in [1.29, 1.82) is 0 Å². The molecule has 102 valence electrons. The van der Waals surface area contributed by atoms with Crippen LogP contribution in [0.25, 0.3) is 0 Å². The van der Waals surface area contributed by atoms with E-state index < -0.39 is 0 Å². The molecule has 0 amide bonds. The van der Waals surface area contributed by atoms with Crippen molar-refractivity contribution in [3.05, 3.63) is 34.4 Å². The van der Waals surface area contributed by atoms with Gasteiger partial charge < -0.3 is 5.73 Å². The van der Waals surface area contributed by atoms with E-state index in [1.54, 1.807) is 0 Å². The zero-order chi connectivity index (χ0) is 13.8. The minimum atomic E-state index is 0.234. The molecule has 0 aromatic heterocycles. The molecule has 1 aromatic rings. The Hall–Kier alpha value is -0.820. The van der Waals surface area contributed by atoms with E-state index in [0.717, 1.165) is 25.8 Å². The Labute approximate surface area is 113 Å². The Balaban J connectivity index is 3.06. The van der Waals surface area contributed by atoms with Gasteiger partial charge in [0, 0.05) is 0 Å². The smallest absolute Gasteiger partial charge is 0.00772 e. The molecule has 0 fully saturated rings. The molecule has 1 rings (SSSR count). The van der Waals surface area contributed by atoms with Crippen LogP contribution < -0.4 is 5.73 Å². The molecule has 0 radical (unpaired) electrons. The summed E-state index contributed by atoms with van der Waals surface area (Å²) in [5.41, 5.74) is 11.8. The van der Waals surface area contributed by atoms with Crippen molar-refractivity contribution >= 4 is 0 Å². The third kappa shape index (κ3) is 3.84. The van der Waals surface area contributed by atoms with Crippen molar-refractivity contribution in [1.82, 2.24) is 0 Å². The Morgan fingerprint density at radius 1 is 1.11 bits per heavy atom. The van der Waals surface area contributed by atoms with Gasteiger partial charge in [0.05, 0.1) is 0 Å². The predicted molar refractivity (Wildman–Crippen MR) is 81.2 cm³/mol. The number of benzene rings is 1. The van der Waals surface area contributed by atoms with Crippen LogP contribution in [0.1, 0.15) is 62.8 Å². The first-order valence-electron chi connectivity index (χ1n) is 7.23. The van der Waals surface area contributed by atoms with Crippen molar-refractivity contribution in [2.75, 3.05) is 6.54 Å². The highest BCUT2D eigenvalue weighted by molar-refractivity contribution is 5.42. The van der Waals surface area contributed by atoms with Crippen LogP contribution in [0.5, 0.6) is 0 Å². The standard InChI is InChI=1S/C17H29N/c1-6-15-11-14(9-7-8-10-18)12-16(13(15)2)17(3,4)5/h11-12H,6-10,18H2,1-5H3. The average molecular weight is 247 g/mol. The van der Waals surface area contributed by atoms with Gasteiger partial charge in [0.25, 0.3) is 0 Å². The van der Waals surface area contributed by atoms with E-state index in [9.17, 15) is 0 Å². The van der Waals surface area contributed by atoms with Crippen molar-refractivity contribution in [3.63, 3.8) is 0 Å². The Kier molecular flexibility index (Phi) is 5.40. The van der Waals surface area contributed by atoms with E-state index in [1.165, 1.54) is 28.7 Å². The van der Waals surface area contributed by atoms with E-state index in [1.807, 2.05) is 0 Å². The molecule has 0 aliphatic rings. The monoisotopic (exact) mass is 247 g/mol.